The summed E-state index contributed by atoms with van der Waals surface area (Å²) < 4.78 is 35.4. The van der Waals surface area contributed by atoms with Crippen LogP contribution in [0.1, 0.15) is 57.8 Å². The molecule has 1 aliphatic rings. The van der Waals surface area contributed by atoms with Crippen LogP contribution in [0.25, 0.3) is 5.82 Å². The van der Waals surface area contributed by atoms with Gasteiger partial charge in [0.05, 0.1) is 11.7 Å². The molecule has 0 aromatic carbocycles. The fraction of sp³-hybridized carbons (Fsp3) is 0.440. The number of sulfonamides is 1. The summed E-state index contributed by atoms with van der Waals surface area (Å²) in [5, 5.41) is 4.47. The molecule has 0 radical (unpaired) electrons. The number of nitrogen functional groups attached to an aromatic ring is 1. The highest BCUT2D eigenvalue weighted by molar-refractivity contribution is 7.90. The van der Waals surface area contributed by atoms with Gasteiger partial charge in [0, 0.05) is 30.5 Å². The van der Waals surface area contributed by atoms with E-state index < -0.39 is 15.9 Å². The van der Waals surface area contributed by atoms with Crippen molar-refractivity contribution < 1.29 is 17.9 Å². The van der Waals surface area contributed by atoms with Crippen molar-refractivity contribution in [2.24, 2.45) is 5.92 Å². The molecular formula is C25H33N7O4S. The highest BCUT2D eigenvalue weighted by atomic mass is 32.2. The molecule has 4 heterocycles. The van der Waals surface area contributed by atoms with Gasteiger partial charge in [-0.05, 0) is 63.8 Å². The van der Waals surface area contributed by atoms with Gasteiger partial charge in [0.15, 0.2) is 5.82 Å². The van der Waals surface area contributed by atoms with Crippen LogP contribution in [0.4, 0.5) is 11.6 Å². The summed E-state index contributed by atoms with van der Waals surface area (Å²) in [6.07, 6.45) is 4.85. The van der Waals surface area contributed by atoms with Crippen molar-refractivity contribution in [1.29, 1.82) is 0 Å². The molecule has 0 bridgehead atoms. The van der Waals surface area contributed by atoms with Gasteiger partial charge < -0.3 is 15.4 Å². The van der Waals surface area contributed by atoms with E-state index in [0.29, 0.717) is 30.0 Å². The molecule has 0 unspecified atom stereocenters. The van der Waals surface area contributed by atoms with Crippen molar-refractivity contribution in [2.45, 2.75) is 64.0 Å². The van der Waals surface area contributed by atoms with Crippen molar-refractivity contribution in [2.75, 3.05) is 17.2 Å². The maximum absolute atomic E-state index is 13.4. The number of nitrogens with two attached hydrogens (primary N) is 1. The zero-order valence-corrected chi connectivity index (χ0v) is 22.5. The first-order valence-electron chi connectivity index (χ1n) is 12.2. The minimum atomic E-state index is -4.26. The minimum absolute atomic E-state index is 0.0145. The molecule has 2 atom stereocenters. The second-order valence-electron chi connectivity index (χ2n) is 10.0. The summed E-state index contributed by atoms with van der Waals surface area (Å²) in [6.45, 7) is 10.9. The number of amides is 1. The highest BCUT2D eigenvalue weighted by Gasteiger charge is 2.39. The maximum atomic E-state index is 13.4. The van der Waals surface area contributed by atoms with Crippen LogP contribution in [0.15, 0.2) is 47.6 Å². The first kappa shape index (κ1) is 26.4. The topological polar surface area (TPSA) is 145 Å². The van der Waals surface area contributed by atoms with E-state index in [1.165, 1.54) is 18.3 Å². The number of rotatable bonds is 8. The summed E-state index contributed by atoms with van der Waals surface area (Å²) in [5.41, 5.74) is 5.57. The van der Waals surface area contributed by atoms with E-state index >= 15 is 0 Å². The van der Waals surface area contributed by atoms with Gasteiger partial charge in [-0.1, -0.05) is 13.8 Å². The fourth-order valence-electron chi connectivity index (χ4n) is 4.56. The van der Waals surface area contributed by atoms with Crippen molar-refractivity contribution >= 4 is 27.6 Å². The third-order valence-corrected chi connectivity index (χ3v) is 7.82. The van der Waals surface area contributed by atoms with Crippen LogP contribution in [0.2, 0.25) is 0 Å². The standard InChI is InChI=1S/C25H33N7O4S/c1-6-17(3)36-21-11-13-32(29-21)20-10-9-18(23(28-20)31-15-16(2)14-25(31,4)5)24(33)30-37(34,35)19-8-7-12-27-22(19)26/h7-13,16-17H,6,14-15H2,1-5H3,(H2,26,27)(H,30,33)/t16-,17+/m0/s1. The van der Waals surface area contributed by atoms with Crippen LogP contribution in [0, 0.1) is 5.92 Å². The zero-order valence-electron chi connectivity index (χ0n) is 21.7. The number of hydrogen-bond acceptors (Lipinski definition) is 9. The third kappa shape index (κ3) is 5.53. The smallest absolute Gasteiger partial charge is 0.268 e. The molecule has 0 aliphatic carbocycles. The Bertz CT molecular complexity index is 1400. The molecule has 1 saturated heterocycles. The Morgan fingerprint density at radius 1 is 1.30 bits per heavy atom. The number of pyridine rings is 2. The molecule has 1 amide bonds. The second-order valence-corrected chi connectivity index (χ2v) is 11.7. The Labute approximate surface area is 217 Å². The minimum Gasteiger partial charge on any atom is -0.474 e. The van der Waals surface area contributed by atoms with E-state index in [2.05, 4.69) is 35.6 Å². The number of ether oxygens (including phenoxy) is 1. The number of carbonyl (C=O) groups is 1. The van der Waals surface area contributed by atoms with E-state index in [0.717, 1.165) is 12.8 Å². The molecule has 3 aromatic heterocycles. The number of nitrogens with one attached hydrogen (secondary N) is 1. The van der Waals surface area contributed by atoms with Gasteiger partial charge in [0.25, 0.3) is 15.9 Å². The molecule has 3 N–H and O–H groups in total. The van der Waals surface area contributed by atoms with Gasteiger partial charge in [-0.3, -0.25) is 4.79 Å². The summed E-state index contributed by atoms with van der Waals surface area (Å²) in [4.78, 5) is 23.7. The van der Waals surface area contributed by atoms with Gasteiger partial charge in [-0.15, -0.1) is 5.10 Å². The third-order valence-electron chi connectivity index (χ3n) is 6.45. The number of aromatic nitrogens is 4. The average molecular weight is 528 g/mol. The molecule has 37 heavy (non-hydrogen) atoms. The summed E-state index contributed by atoms with van der Waals surface area (Å²) in [7, 11) is -4.26. The number of carbonyl (C=O) groups excluding carboxylic acids is 1. The van der Waals surface area contributed by atoms with Crippen LogP contribution in [-0.4, -0.2) is 52.3 Å². The lowest BCUT2D eigenvalue weighted by Gasteiger charge is -2.34. The van der Waals surface area contributed by atoms with Gasteiger partial charge in [0.1, 0.15) is 16.5 Å². The average Bonchev–Trinajstić information content (AvgIpc) is 3.40. The maximum Gasteiger partial charge on any atom is 0.268 e. The van der Waals surface area contributed by atoms with Crippen LogP contribution in [0.5, 0.6) is 5.88 Å². The molecule has 11 nitrogen and oxygen atoms in total. The molecular weight excluding hydrogens is 494 g/mol. The van der Waals surface area contributed by atoms with Gasteiger partial charge in [-0.25, -0.2) is 27.8 Å². The van der Waals surface area contributed by atoms with Crippen LogP contribution < -0.4 is 20.1 Å². The number of hydrogen-bond donors (Lipinski definition) is 2. The van der Waals surface area contributed by atoms with Crippen molar-refractivity contribution in [1.82, 2.24) is 24.5 Å². The molecule has 4 rings (SSSR count). The van der Waals surface area contributed by atoms with E-state index in [1.807, 2.05) is 18.7 Å². The Kier molecular flexibility index (Phi) is 7.13. The van der Waals surface area contributed by atoms with Crippen LogP contribution in [-0.2, 0) is 10.0 Å². The lowest BCUT2D eigenvalue weighted by molar-refractivity contribution is 0.0981. The predicted octanol–water partition coefficient (Wildman–Crippen LogP) is 3.17. The van der Waals surface area contributed by atoms with Crippen LogP contribution in [0.3, 0.4) is 0 Å². The molecule has 1 aliphatic heterocycles. The first-order chi connectivity index (χ1) is 17.4. The number of anilines is 2. The Balaban J connectivity index is 1.73. The van der Waals surface area contributed by atoms with Gasteiger partial charge in [-0.2, -0.15) is 0 Å². The molecule has 1 fully saturated rings. The van der Waals surface area contributed by atoms with E-state index in [-0.39, 0.29) is 27.9 Å². The van der Waals surface area contributed by atoms with Crippen molar-refractivity contribution in [3.05, 3.63) is 48.3 Å². The monoisotopic (exact) mass is 527 g/mol. The second kappa shape index (κ2) is 10.0. The quantitative estimate of drug-likeness (QED) is 0.451. The summed E-state index contributed by atoms with van der Waals surface area (Å²) >= 11 is 0. The van der Waals surface area contributed by atoms with Crippen molar-refractivity contribution in [3.8, 4) is 11.7 Å². The molecule has 12 heteroatoms. The fourth-order valence-corrected chi connectivity index (χ4v) is 5.61. The number of nitrogens with zero attached hydrogens (tertiary/aromatic N) is 5. The first-order valence-corrected chi connectivity index (χ1v) is 13.7. The van der Waals surface area contributed by atoms with Gasteiger partial charge in [0.2, 0.25) is 5.88 Å². The van der Waals surface area contributed by atoms with E-state index in [9.17, 15) is 13.2 Å². The summed E-state index contributed by atoms with van der Waals surface area (Å²) in [5.74, 6) is 0.665. The Morgan fingerprint density at radius 2 is 2.05 bits per heavy atom. The predicted molar refractivity (Wildman–Crippen MR) is 140 cm³/mol. The molecule has 3 aromatic rings. The Morgan fingerprint density at radius 3 is 2.70 bits per heavy atom. The lowest BCUT2D eigenvalue weighted by atomic mass is 9.97. The van der Waals surface area contributed by atoms with E-state index in [4.69, 9.17) is 15.5 Å². The van der Waals surface area contributed by atoms with E-state index in [1.54, 1.807) is 29.1 Å². The van der Waals surface area contributed by atoms with Crippen molar-refractivity contribution in [3.63, 3.8) is 0 Å². The molecule has 198 valence electrons. The normalized spacial score (nSPS) is 18.0. The summed E-state index contributed by atoms with van der Waals surface area (Å²) in [6, 6.07) is 7.67. The highest BCUT2D eigenvalue weighted by Crippen LogP contribution is 2.37. The zero-order chi connectivity index (χ0) is 27.0. The molecule has 0 saturated carbocycles. The SMILES string of the molecule is CC[C@@H](C)Oc1ccn(-c2ccc(C(=O)NS(=O)(=O)c3cccnc3N)c(N3C[C@@H](C)CC3(C)C)n2)n1. The van der Waals surface area contributed by atoms with Gasteiger partial charge >= 0.3 is 0 Å². The largest absolute Gasteiger partial charge is 0.474 e. The molecule has 0 spiro atoms. The lowest BCUT2D eigenvalue weighted by Crippen LogP contribution is -2.41. The van der Waals surface area contributed by atoms with Crippen LogP contribution >= 0.6 is 0 Å². The Hall–Kier alpha value is -3.67.